The molecule has 2 rings (SSSR count). The van der Waals surface area contributed by atoms with Crippen LogP contribution < -0.4 is 5.32 Å². The number of esters is 1. The van der Waals surface area contributed by atoms with Crippen molar-refractivity contribution >= 4 is 34.9 Å². The van der Waals surface area contributed by atoms with E-state index in [0.717, 1.165) is 6.07 Å². The number of methoxy groups -OCH3 is 1. The number of non-ortho nitro benzene ring substituents is 1. The number of carbonyl (C=O) groups excluding carboxylic acids is 2. The predicted molar refractivity (Wildman–Crippen MR) is 93.9 cm³/mol. The molecule has 0 aromatic heterocycles. The van der Waals surface area contributed by atoms with E-state index in [0.29, 0.717) is 5.56 Å². The molecule has 0 aliphatic heterocycles. The maximum Gasteiger partial charge on any atom is 0.333 e. The molecular weight excluding hydrogens is 364 g/mol. The van der Waals surface area contributed by atoms with Crippen LogP contribution in [0.1, 0.15) is 11.7 Å². The zero-order chi connectivity index (χ0) is 19.1. The first-order chi connectivity index (χ1) is 12.4. The average molecular weight is 379 g/mol. The van der Waals surface area contributed by atoms with Crippen molar-refractivity contribution in [2.45, 2.75) is 6.10 Å². The lowest BCUT2D eigenvalue weighted by Gasteiger charge is -2.18. The van der Waals surface area contributed by atoms with E-state index in [2.05, 4.69) is 5.32 Å². The summed E-state index contributed by atoms with van der Waals surface area (Å²) in [5, 5.41) is 13.3. The molecule has 0 spiro atoms. The van der Waals surface area contributed by atoms with E-state index in [1.165, 1.54) is 19.2 Å². The van der Waals surface area contributed by atoms with Crippen LogP contribution in [0, 0.1) is 10.1 Å². The summed E-state index contributed by atoms with van der Waals surface area (Å²) in [5.41, 5.74) is 0.401. The molecule has 0 fully saturated rings. The van der Waals surface area contributed by atoms with Gasteiger partial charge in [0.2, 0.25) is 6.10 Å². The first kappa shape index (κ1) is 19.4. The predicted octanol–water partition coefficient (Wildman–Crippen LogP) is 3.12. The molecule has 0 saturated carbocycles. The summed E-state index contributed by atoms with van der Waals surface area (Å²) in [4.78, 5) is 34.5. The molecule has 8 nitrogen and oxygen atoms in total. The SMILES string of the molecule is COCC(=O)OC(C(=O)Nc1ccc([N+](=O)[O-])cc1Cl)c1ccccc1. The van der Waals surface area contributed by atoms with Crippen molar-refractivity contribution in [2.24, 2.45) is 0 Å². The molecule has 0 bridgehead atoms. The van der Waals surface area contributed by atoms with Gasteiger partial charge in [0.15, 0.2) is 0 Å². The lowest BCUT2D eigenvalue weighted by atomic mass is 10.1. The first-order valence-electron chi connectivity index (χ1n) is 7.40. The van der Waals surface area contributed by atoms with Gasteiger partial charge >= 0.3 is 5.97 Å². The van der Waals surface area contributed by atoms with E-state index < -0.39 is 22.9 Å². The number of nitrogens with one attached hydrogen (secondary N) is 1. The van der Waals surface area contributed by atoms with Crippen molar-refractivity contribution in [3.8, 4) is 0 Å². The van der Waals surface area contributed by atoms with Gasteiger partial charge in [0.05, 0.1) is 15.6 Å². The Kier molecular flexibility index (Phi) is 6.65. The van der Waals surface area contributed by atoms with Gasteiger partial charge in [0.25, 0.3) is 11.6 Å². The van der Waals surface area contributed by atoms with Crippen LogP contribution >= 0.6 is 11.6 Å². The molecule has 9 heteroatoms. The maximum atomic E-state index is 12.6. The van der Waals surface area contributed by atoms with Crippen molar-refractivity contribution < 1.29 is 24.0 Å². The Morgan fingerprint density at radius 3 is 2.50 bits per heavy atom. The highest BCUT2D eigenvalue weighted by Crippen LogP contribution is 2.28. The van der Waals surface area contributed by atoms with E-state index in [9.17, 15) is 19.7 Å². The Balaban J connectivity index is 2.23. The molecule has 0 radical (unpaired) electrons. The molecule has 2 aromatic rings. The number of carbonyl (C=O) groups is 2. The van der Waals surface area contributed by atoms with Crippen molar-refractivity contribution in [1.29, 1.82) is 0 Å². The molecular formula is C17H15ClN2O6. The smallest absolute Gasteiger partial charge is 0.333 e. The summed E-state index contributed by atoms with van der Waals surface area (Å²) in [6.45, 7) is -0.311. The van der Waals surface area contributed by atoms with E-state index in [1.807, 2.05) is 0 Å². The Hall–Kier alpha value is -2.97. The number of hydrogen-bond donors (Lipinski definition) is 1. The second-order valence-corrected chi connectivity index (χ2v) is 5.53. The molecule has 26 heavy (non-hydrogen) atoms. The normalized spacial score (nSPS) is 11.5. The van der Waals surface area contributed by atoms with E-state index in [-0.39, 0.29) is 23.0 Å². The third kappa shape index (κ3) is 5.01. The van der Waals surface area contributed by atoms with Crippen molar-refractivity contribution in [1.82, 2.24) is 0 Å². The molecule has 1 unspecified atom stereocenters. The quantitative estimate of drug-likeness (QED) is 0.450. The van der Waals surface area contributed by atoms with E-state index in [4.69, 9.17) is 21.1 Å². The second kappa shape index (κ2) is 8.93. The number of hydrogen-bond acceptors (Lipinski definition) is 6. The summed E-state index contributed by atoms with van der Waals surface area (Å²) in [5.74, 6) is -1.37. The number of nitro benzene ring substituents is 1. The zero-order valence-corrected chi connectivity index (χ0v) is 14.4. The van der Waals surface area contributed by atoms with Crippen molar-refractivity contribution in [3.63, 3.8) is 0 Å². The maximum absolute atomic E-state index is 12.6. The largest absolute Gasteiger partial charge is 0.446 e. The number of benzene rings is 2. The van der Waals surface area contributed by atoms with Gasteiger partial charge in [0, 0.05) is 24.8 Å². The fraction of sp³-hybridized carbons (Fsp3) is 0.176. The molecule has 0 heterocycles. The van der Waals surface area contributed by atoms with Gasteiger partial charge in [-0.1, -0.05) is 41.9 Å². The van der Waals surface area contributed by atoms with Gasteiger partial charge in [-0.05, 0) is 6.07 Å². The first-order valence-corrected chi connectivity index (χ1v) is 7.78. The minimum Gasteiger partial charge on any atom is -0.446 e. The fourth-order valence-corrected chi connectivity index (χ4v) is 2.32. The second-order valence-electron chi connectivity index (χ2n) is 5.12. The van der Waals surface area contributed by atoms with Gasteiger partial charge in [-0.3, -0.25) is 14.9 Å². The number of nitro groups is 1. The topological polar surface area (TPSA) is 108 Å². The van der Waals surface area contributed by atoms with Crippen LogP contribution in [0.25, 0.3) is 0 Å². The Labute approximate surface area is 153 Å². The van der Waals surface area contributed by atoms with Crippen LogP contribution in [0.3, 0.4) is 0 Å². The molecule has 1 amide bonds. The number of halogens is 1. The zero-order valence-electron chi connectivity index (χ0n) is 13.7. The summed E-state index contributed by atoms with van der Waals surface area (Å²) in [6, 6.07) is 12.0. The molecule has 136 valence electrons. The van der Waals surface area contributed by atoms with Crippen LogP contribution in [0.15, 0.2) is 48.5 Å². The number of nitrogens with zero attached hydrogens (tertiary/aromatic N) is 1. The minimum atomic E-state index is -1.23. The number of rotatable bonds is 7. The number of ether oxygens (including phenoxy) is 2. The van der Waals surface area contributed by atoms with Gasteiger partial charge in [-0.25, -0.2) is 4.79 Å². The van der Waals surface area contributed by atoms with Gasteiger partial charge in [-0.2, -0.15) is 0 Å². The third-order valence-corrected chi connectivity index (χ3v) is 3.59. The van der Waals surface area contributed by atoms with Crippen LogP contribution in [-0.2, 0) is 19.1 Å². The van der Waals surface area contributed by atoms with Crippen LogP contribution in [-0.4, -0.2) is 30.5 Å². The van der Waals surface area contributed by atoms with Crippen LogP contribution in [0.5, 0.6) is 0 Å². The standard InChI is InChI=1S/C17H15ClN2O6/c1-25-10-15(21)26-16(11-5-3-2-4-6-11)17(22)19-14-8-7-12(20(23)24)9-13(14)18/h2-9,16H,10H2,1H3,(H,19,22). The summed E-state index contributed by atoms with van der Waals surface area (Å²) >= 11 is 5.98. The number of anilines is 1. The fourth-order valence-electron chi connectivity index (χ4n) is 2.10. The summed E-state index contributed by atoms with van der Waals surface area (Å²) < 4.78 is 9.89. The Bertz CT molecular complexity index is 812. The van der Waals surface area contributed by atoms with Gasteiger partial charge in [-0.15, -0.1) is 0 Å². The molecule has 0 aliphatic carbocycles. The molecule has 0 aliphatic rings. The lowest BCUT2D eigenvalue weighted by Crippen LogP contribution is -2.27. The monoisotopic (exact) mass is 378 g/mol. The summed E-state index contributed by atoms with van der Waals surface area (Å²) in [7, 11) is 1.33. The molecule has 2 aromatic carbocycles. The van der Waals surface area contributed by atoms with Crippen molar-refractivity contribution in [2.75, 3.05) is 19.0 Å². The molecule has 1 N–H and O–H groups in total. The molecule has 1 atom stereocenters. The summed E-state index contributed by atoms with van der Waals surface area (Å²) in [6.07, 6.45) is -1.23. The van der Waals surface area contributed by atoms with Crippen LogP contribution in [0.4, 0.5) is 11.4 Å². The lowest BCUT2D eigenvalue weighted by molar-refractivity contribution is -0.384. The highest BCUT2D eigenvalue weighted by molar-refractivity contribution is 6.34. The van der Waals surface area contributed by atoms with E-state index >= 15 is 0 Å². The number of amides is 1. The minimum absolute atomic E-state index is 0.0115. The van der Waals surface area contributed by atoms with Gasteiger partial charge in [0.1, 0.15) is 6.61 Å². The van der Waals surface area contributed by atoms with E-state index in [1.54, 1.807) is 30.3 Å². The average Bonchev–Trinajstić information content (AvgIpc) is 2.62. The van der Waals surface area contributed by atoms with Crippen LogP contribution in [0.2, 0.25) is 5.02 Å². The third-order valence-electron chi connectivity index (χ3n) is 3.27. The Morgan fingerprint density at radius 1 is 1.23 bits per heavy atom. The van der Waals surface area contributed by atoms with Crippen molar-refractivity contribution in [3.05, 3.63) is 69.2 Å². The van der Waals surface area contributed by atoms with Gasteiger partial charge < -0.3 is 14.8 Å². The molecule has 0 saturated heterocycles. The highest BCUT2D eigenvalue weighted by atomic mass is 35.5. The Morgan fingerprint density at radius 2 is 1.92 bits per heavy atom. The highest BCUT2D eigenvalue weighted by Gasteiger charge is 2.26.